The Labute approximate surface area is 196 Å². The first-order valence-corrected chi connectivity index (χ1v) is 12.2. The molecule has 2 nitrogen and oxygen atoms in total. The standard InChI is InChI=1S/C26H43N2.HI/c1-7-28(5,6)20-12-14-25(3)19(16-20)8-9-21-23(25)13-15-26-17-27(4)18(2)22(26)10-11-24(21)26;/h8-9,16,18,20-24H,7,10-15,17H2,1-6H3;1H/q+1;/p-1. The number of hydrogen-bond acceptors (Lipinski definition) is 1. The fourth-order valence-corrected chi connectivity index (χ4v) is 8.73. The first-order chi connectivity index (χ1) is 13.2. The van der Waals surface area contributed by atoms with Crippen molar-refractivity contribution >= 4 is 0 Å². The summed E-state index contributed by atoms with van der Waals surface area (Å²) < 4.78 is 1.14. The fourth-order valence-electron chi connectivity index (χ4n) is 8.73. The lowest BCUT2D eigenvalue weighted by Crippen LogP contribution is -3.00. The van der Waals surface area contributed by atoms with E-state index >= 15 is 0 Å². The van der Waals surface area contributed by atoms with E-state index < -0.39 is 0 Å². The zero-order valence-electron chi connectivity index (χ0n) is 19.6. The van der Waals surface area contributed by atoms with Gasteiger partial charge in [-0.05, 0) is 99.1 Å². The number of likely N-dealkylation sites (tertiary alicyclic amines) is 1. The van der Waals surface area contributed by atoms with Crippen molar-refractivity contribution in [1.29, 1.82) is 0 Å². The third kappa shape index (κ3) is 2.99. The van der Waals surface area contributed by atoms with Crippen molar-refractivity contribution in [3.8, 4) is 0 Å². The number of allylic oxidation sites excluding steroid dienone is 3. The van der Waals surface area contributed by atoms with E-state index in [1.54, 1.807) is 5.57 Å². The first kappa shape index (κ1) is 22.3. The maximum absolute atomic E-state index is 2.70. The normalized spacial score (nSPS) is 48.8. The summed E-state index contributed by atoms with van der Waals surface area (Å²) in [7, 11) is 7.22. The van der Waals surface area contributed by atoms with E-state index in [1.165, 1.54) is 51.6 Å². The van der Waals surface area contributed by atoms with Gasteiger partial charge in [-0.2, -0.15) is 0 Å². The molecule has 0 N–H and O–H groups in total. The molecule has 8 unspecified atom stereocenters. The van der Waals surface area contributed by atoms with Gasteiger partial charge >= 0.3 is 0 Å². The van der Waals surface area contributed by atoms with E-state index in [0.717, 1.165) is 34.2 Å². The molecular formula is C26H43IN2. The lowest BCUT2D eigenvalue weighted by atomic mass is 9.48. The highest BCUT2D eigenvalue weighted by molar-refractivity contribution is 5.36. The minimum Gasteiger partial charge on any atom is -1.00 e. The average molecular weight is 511 g/mol. The number of fused-ring (bicyclic) bond motifs is 4. The highest BCUT2D eigenvalue weighted by Crippen LogP contribution is 2.68. The van der Waals surface area contributed by atoms with Crippen LogP contribution in [0.4, 0.5) is 0 Å². The Morgan fingerprint density at radius 3 is 2.52 bits per heavy atom. The van der Waals surface area contributed by atoms with Gasteiger partial charge in [-0.1, -0.05) is 19.1 Å². The van der Waals surface area contributed by atoms with Crippen LogP contribution in [-0.4, -0.2) is 55.7 Å². The van der Waals surface area contributed by atoms with Gasteiger partial charge in [0.2, 0.25) is 0 Å². The zero-order valence-corrected chi connectivity index (χ0v) is 21.8. The second-order valence-corrected chi connectivity index (χ2v) is 12.0. The van der Waals surface area contributed by atoms with Crippen LogP contribution < -0.4 is 24.0 Å². The average Bonchev–Trinajstić information content (AvgIpc) is 3.15. The molecule has 4 aliphatic carbocycles. The Hall–Kier alpha value is 0.130. The van der Waals surface area contributed by atoms with Crippen LogP contribution in [0.25, 0.3) is 0 Å². The molecule has 1 heterocycles. The van der Waals surface area contributed by atoms with Crippen molar-refractivity contribution in [2.45, 2.75) is 71.4 Å². The molecule has 0 aromatic rings. The SMILES string of the molecule is CC[N+](C)(C)C1C=C2C=CC3C(CCC45CN(C)C(C)C4CCC35)C2(C)CC1.[I-]. The van der Waals surface area contributed by atoms with Gasteiger partial charge in [-0.15, -0.1) is 0 Å². The number of nitrogens with zero attached hydrogens (tertiary/aromatic N) is 2. The van der Waals surface area contributed by atoms with Crippen molar-refractivity contribution in [1.82, 2.24) is 4.90 Å². The Bertz CT molecular complexity index is 711. The van der Waals surface area contributed by atoms with Crippen LogP contribution in [-0.2, 0) is 0 Å². The summed E-state index contributed by atoms with van der Waals surface area (Å²) in [4.78, 5) is 2.69. The highest BCUT2D eigenvalue weighted by Gasteiger charge is 2.63. The number of halogens is 1. The molecule has 0 bridgehead atoms. The maximum Gasteiger partial charge on any atom is 0.108 e. The Kier molecular flexibility index (Phi) is 5.65. The smallest absolute Gasteiger partial charge is 0.108 e. The van der Waals surface area contributed by atoms with Crippen LogP contribution in [0.2, 0.25) is 0 Å². The number of rotatable bonds is 2. The van der Waals surface area contributed by atoms with Gasteiger partial charge in [0.1, 0.15) is 6.04 Å². The quantitative estimate of drug-likeness (QED) is 0.407. The zero-order chi connectivity index (χ0) is 19.9. The van der Waals surface area contributed by atoms with Crippen molar-refractivity contribution < 1.29 is 28.5 Å². The highest BCUT2D eigenvalue weighted by atomic mass is 127. The van der Waals surface area contributed by atoms with Crippen LogP contribution in [0, 0.1) is 34.5 Å². The van der Waals surface area contributed by atoms with Gasteiger partial charge in [0.05, 0.1) is 20.6 Å². The van der Waals surface area contributed by atoms with Gasteiger partial charge in [-0.3, -0.25) is 0 Å². The molecule has 8 atom stereocenters. The number of likely N-dealkylation sites (N-methyl/N-ethyl adjacent to an activating group) is 1. The summed E-state index contributed by atoms with van der Waals surface area (Å²) in [6.45, 7) is 10.1. The van der Waals surface area contributed by atoms with Gasteiger partial charge < -0.3 is 33.4 Å². The van der Waals surface area contributed by atoms with Crippen LogP contribution in [0.5, 0.6) is 0 Å². The lowest BCUT2D eigenvalue weighted by Gasteiger charge is -2.57. The van der Waals surface area contributed by atoms with Crippen LogP contribution in [0.15, 0.2) is 23.8 Å². The second kappa shape index (κ2) is 7.33. The molecule has 1 aliphatic heterocycles. The molecule has 5 aliphatic rings. The molecular weight excluding hydrogens is 467 g/mol. The third-order valence-corrected chi connectivity index (χ3v) is 11.0. The predicted molar refractivity (Wildman–Crippen MR) is 118 cm³/mol. The third-order valence-electron chi connectivity index (χ3n) is 11.0. The molecule has 5 rings (SSSR count). The van der Waals surface area contributed by atoms with Gasteiger partial charge in [-0.25, -0.2) is 0 Å². The molecule has 0 aromatic heterocycles. The van der Waals surface area contributed by atoms with Crippen LogP contribution in [0.1, 0.15) is 59.3 Å². The first-order valence-electron chi connectivity index (χ1n) is 12.2. The summed E-state index contributed by atoms with van der Waals surface area (Å²) in [5.74, 6) is 3.63. The Balaban J connectivity index is 0.00000205. The minimum atomic E-state index is 0. The minimum absolute atomic E-state index is 0. The molecule has 0 amide bonds. The molecule has 0 radical (unpaired) electrons. The molecule has 3 heteroatoms. The second-order valence-electron chi connectivity index (χ2n) is 12.0. The van der Waals surface area contributed by atoms with Gasteiger partial charge in [0.25, 0.3) is 0 Å². The molecule has 0 aromatic carbocycles. The van der Waals surface area contributed by atoms with E-state index in [4.69, 9.17) is 0 Å². The number of hydrogen-bond donors (Lipinski definition) is 0. The van der Waals surface area contributed by atoms with Crippen molar-refractivity contribution in [3.05, 3.63) is 23.8 Å². The molecule has 1 saturated heterocycles. The predicted octanol–water partition coefficient (Wildman–Crippen LogP) is 2.12. The molecule has 3 fully saturated rings. The summed E-state index contributed by atoms with van der Waals surface area (Å²) in [6.07, 6.45) is 16.7. The van der Waals surface area contributed by atoms with E-state index in [1.807, 2.05) is 0 Å². The summed E-state index contributed by atoms with van der Waals surface area (Å²) in [6, 6.07) is 1.49. The maximum atomic E-state index is 2.70. The van der Waals surface area contributed by atoms with Crippen molar-refractivity contribution in [3.63, 3.8) is 0 Å². The summed E-state index contributed by atoms with van der Waals surface area (Å²) >= 11 is 0. The lowest BCUT2D eigenvalue weighted by molar-refractivity contribution is -0.907. The Morgan fingerprint density at radius 2 is 1.79 bits per heavy atom. The Morgan fingerprint density at radius 1 is 1.07 bits per heavy atom. The fraction of sp³-hybridized carbons (Fsp3) is 0.846. The van der Waals surface area contributed by atoms with E-state index in [2.05, 4.69) is 65.0 Å². The summed E-state index contributed by atoms with van der Waals surface area (Å²) in [5, 5.41) is 0. The van der Waals surface area contributed by atoms with E-state index in [0.29, 0.717) is 16.9 Å². The van der Waals surface area contributed by atoms with Gasteiger partial charge in [0, 0.05) is 19.0 Å². The van der Waals surface area contributed by atoms with Crippen molar-refractivity contribution in [2.24, 2.45) is 34.5 Å². The van der Waals surface area contributed by atoms with E-state index in [-0.39, 0.29) is 24.0 Å². The van der Waals surface area contributed by atoms with Crippen LogP contribution >= 0.6 is 0 Å². The molecule has 164 valence electrons. The summed E-state index contributed by atoms with van der Waals surface area (Å²) in [5.41, 5.74) is 2.75. The monoisotopic (exact) mass is 510 g/mol. The largest absolute Gasteiger partial charge is 1.00 e. The van der Waals surface area contributed by atoms with Crippen molar-refractivity contribution in [2.75, 3.05) is 34.2 Å². The van der Waals surface area contributed by atoms with E-state index in [9.17, 15) is 0 Å². The molecule has 2 saturated carbocycles. The number of quaternary nitrogens is 1. The molecule has 1 spiro atoms. The van der Waals surface area contributed by atoms with Gasteiger partial charge in [0.15, 0.2) is 0 Å². The topological polar surface area (TPSA) is 3.24 Å². The molecule has 29 heavy (non-hydrogen) atoms. The van der Waals surface area contributed by atoms with Crippen LogP contribution in [0.3, 0.4) is 0 Å².